The standard InChI is InChI=1S/C25H21N3O3/c29-16-19-4-3-5-20(14-19)25(30)28-21-10-8-18(9-11-21)12-13-31-24-7-2-1-6-22(24)23-15-26-17-27-23/h1-11,14-17H,12-13H2,(H,26,27)(H,28,30). The number of aromatic nitrogens is 2. The van der Waals surface area contributed by atoms with Crippen LogP contribution in [0.15, 0.2) is 85.3 Å². The maximum absolute atomic E-state index is 12.4. The van der Waals surface area contributed by atoms with Gasteiger partial charge in [-0.05, 0) is 42.0 Å². The van der Waals surface area contributed by atoms with Crippen LogP contribution in [0.2, 0.25) is 0 Å². The highest BCUT2D eigenvalue weighted by Crippen LogP contribution is 2.28. The number of nitrogens with zero attached hydrogens (tertiary/aromatic N) is 1. The molecule has 6 heteroatoms. The first-order valence-corrected chi connectivity index (χ1v) is 9.89. The molecule has 3 aromatic carbocycles. The first-order chi connectivity index (χ1) is 15.2. The van der Waals surface area contributed by atoms with Crippen molar-refractivity contribution < 1.29 is 14.3 Å². The quantitative estimate of drug-likeness (QED) is 0.409. The summed E-state index contributed by atoms with van der Waals surface area (Å²) in [5.41, 5.74) is 4.58. The number of nitrogens with one attached hydrogen (secondary N) is 2. The Morgan fingerprint density at radius 3 is 2.65 bits per heavy atom. The molecule has 0 unspecified atom stereocenters. The summed E-state index contributed by atoms with van der Waals surface area (Å²) in [5, 5.41) is 2.85. The minimum atomic E-state index is -0.254. The van der Waals surface area contributed by atoms with Crippen LogP contribution in [-0.2, 0) is 6.42 Å². The molecule has 0 saturated heterocycles. The average Bonchev–Trinajstić information content (AvgIpc) is 3.35. The van der Waals surface area contributed by atoms with Crippen LogP contribution in [0.4, 0.5) is 5.69 Å². The van der Waals surface area contributed by atoms with Crippen LogP contribution in [0.1, 0.15) is 26.3 Å². The summed E-state index contributed by atoms with van der Waals surface area (Å²) in [6.45, 7) is 0.523. The van der Waals surface area contributed by atoms with Crippen LogP contribution in [-0.4, -0.2) is 28.8 Å². The Morgan fingerprint density at radius 1 is 1.03 bits per heavy atom. The van der Waals surface area contributed by atoms with Gasteiger partial charge in [-0.3, -0.25) is 9.59 Å². The third-order valence-electron chi connectivity index (χ3n) is 4.82. The first kappa shape index (κ1) is 20.1. The molecule has 0 atom stereocenters. The zero-order chi connectivity index (χ0) is 21.5. The maximum atomic E-state index is 12.4. The Kier molecular flexibility index (Phi) is 6.18. The number of H-pyrrole nitrogens is 1. The molecular weight excluding hydrogens is 390 g/mol. The van der Waals surface area contributed by atoms with Gasteiger partial charge in [0.25, 0.3) is 5.91 Å². The van der Waals surface area contributed by atoms with Gasteiger partial charge in [-0.25, -0.2) is 4.98 Å². The topological polar surface area (TPSA) is 84.1 Å². The molecule has 0 bridgehead atoms. The lowest BCUT2D eigenvalue weighted by atomic mass is 10.1. The van der Waals surface area contributed by atoms with Crippen molar-refractivity contribution in [3.05, 3.63) is 102 Å². The van der Waals surface area contributed by atoms with Crippen molar-refractivity contribution in [2.75, 3.05) is 11.9 Å². The van der Waals surface area contributed by atoms with Crippen LogP contribution >= 0.6 is 0 Å². The molecule has 0 radical (unpaired) electrons. The molecule has 0 aliphatic carbocycles. The lowest BCUT2D eigenvalue weighted by Gasteiger charge is -2.11. The predicted molar refractivity (Wildman–Crippen MR) is 119 cm³/mol. The van der Waals surface area contributed by atoms with Crippen LogP contribution < -0.4 is 10.1 Å². The third kappa shape index (κ3) is 5.05. The number of aldehydes is 1. The minimum absolute atomic E-state index is 0.254. The molecule has 31 heavy (non-hydrogen) atoms. The van der Waals surface area contributed by atoms with E-state index in [4.69, 9.17) is 4.74 Å². The molecule has 1 heterocycles. The highest BCUT2D eigenvalue weighted by atomic mass is 16.5. The van der Waals surface area contributed by atoms with Crippen molar-refractivity contribution in [2.24, 2.45) is 0 Å². The van der Waals surface area contributed by atoms with Crippen LogP contribution in [0.25, 0.3) is 11.3 Å². The Hall–Kier alpha value is -4.19. The van der Waals surface area contributed by atoms with Gasteiger partial charge in [0.1, 0.15) is 12.0 Å². The number of ether oxygens (including phenoxy) is 1. The van der Waals surface area contributed by atoms with Gasteiger partial charge in [-0.2, -0.15) is 0 Å². The fourth-order valence-electron chi connectivity index (χ4n) is 3.21. The van der Waals surface area contributed by atoms with Crippen molar-refractivity contribution in [3.63, 3.8) is 0 Å². The van der Waals surface area contributed by atoms with Crippen LogP contribution in [0.3, 0.4) is 0 Å². The normalized spacial score (nSPS) is 10.5. The minimum Gasteiger partial charge on any atom is -0.493 e. The van der Waals surface area contributed by atoms with Gasteiger partial charge in [0.05, 0.1) is 24.8 Å². The van der Waals surface area contributed by atoms with Crippen LogP contribution in [0.5, 0.6) is 5.75 Å². The zero-order valence-electron chi connectivity index (χ0n) is 16.7. The van der Waals surface area contributed by atoms with Crippen molar-refractivity contribution >= 4 is 17.9 Å². The number of rotatable bonds is 8. The second-order valence-electron chi connectivity index (χ2n) is 6.95. The summed E-state index contributed by atoms with van der Waals surface area (Å²) in [4.78, 5) is 30.4. The second-order valence-corrected chi connectivity index (χ2v) is 6.95. The monoisotopic (exact) mass is 411 g/mol. The molecule has 0 aliphatic heterocycles. The third-order valence-corrected chi connectivity index (χ3v) is 4.82. The zero-order valence-corrected chi connectivity index (χ0v) is 16.7. The van der Waals surface area contributed by atoms with Crippen molar-refractivity contribution in [1.29, 1.82) is 0 Å². The van der Waals surface area contributed by atoms with Gasteiger partial charge >= 0.3 is 0 Å². The Bertz CT molecular complexity index is 1170. The van der Waals surface area contributed by atoms with Gasteiger partial charge < -0.3 is 15.0 Å². The lowest BCUT2D eigenvalue weighted by molar-refractivity contribution is 0.102. The summed E-state index contributed by atoms with van der Waals surface area (Å²) >= 11 is 0. The molecule has 154 valence electrons. The summed E-state index contributed by atoms with van der Waals surface area (Å²) in [7, 11) is 0. The number of benzene rings is 3. The number of hydrogen-bond acceptors (Lipinski definition) is 4. The summed E-state index contributed by atoms with van der Waals surface area (Å²) in [5.74, 6) is 0.545. The van der Waals surface area contributed by atoms with Crippen molar-refractivity contribution in [3.8, 4) is 17.0 Å². The highest BCUT2D eigenvalue weighted by molar-refractivity contribution is 6.05. The van der Waals surface area contributed by atoms with E-state index in [0.717, 1.165) is 35.3 Å². The summed E-state index contributed by atoms with van der Waals surface area (Å²) in [6.07, 6.45) is 4.86. The molecule has 4 rings (SSSR count). The van der Waals surface area contributed by atoms with E-state index in [0.29, 0.717) is 23.4 Å². The Labute approximate surface area is 179 Å². The van der Waals surface area contributed by atoms with E-state index in [9.17, 15) is 9.59 Å². The van der Waals surface area contributed by atoms with Gasteiger partial charge in [0, 0.05) is 28.8 Å². The molecule has 1 amide bonds. The molecule has 0 aliphatic rings. The largest absolute Gasteiger partial charge is 0.493 e. The molecule has 0 saturated carbocycles. The number of hydrogen-bond donors (Lipinski definition) is 2. The van der Waals surface area contributed by atoms with E-state index in [1.54, 1.807) is 36.8 Å². The van der Waals surface area contributed by atoms with E-state index >= 15 is 0 Å². The molecule has 6 nitrogen and oxygen atoms in total. The van der Waals surface area contributed by atoms with E-state index in [1.807, 2.05) is 48.5 Å². The SMILES string of the molecule is O=Cc1cccc(C(=O)Nc2ccc(CCOc3ccccc3-c3cnc[nH]3)cc2)c1. The van der Waals surface area contributed by atoms with Gasteiger partial charge in [-0.15, -0.1) is 0 Å². The van der Waals surface area contributed by atoms with Gasteiger partial charge in [0.15, 0.2) is 0 Å². The summed E-state index contributed by atoms with van der Waals surface area (Å²) < 4.78 is 5.99. The van der Waals surface area contributed by atoms with Crippen molar-refractivity contribution in [2.45, 2.75) is 6.42 Å². The van der Waals surface area contributed by atoms with E-state index in [1.165, 1.54) is 0 Å². The molecule has 1 aromatic heterocycles. The predicted octanol–water partition coefficient (Wildman–Crippen LogP) is 4.76. The molecule has 2 N–H and O–H groups in total. The lowest BCUT2D eigenvalue weighted by Crippen LogP contribution is -2.12. The highest BCUT2D eigenvalue weighted by Gasteiger charge is 2.08. The fourth-order valence-corrected chi connectivity index (χ4v) is 3.21. The number of amides is 1. The number of imidazole rings is 1. The second kappa shape index (κ2) is 9.54. The maximum Gasteiger partial charge on any atom is 0.255 e. The summed E-state index contributed by atoms with van der Waals surface area (Å²) in [6, 6.07) is 22.1. The van der Waals surface area contributed by atoms with E-state index in [-0.39, 0.29) is 5.91 Å². The average molecular weight is 411 g/mol. The molecular formula is C25H21N3O3. The number of anilines is 1. The molecule has 0 fully saturated rings. The smallest absolute Gasteiger partial charge is 0.255 e. The number of para-hydroxylation sites is 1. The van der Waals surface area contributed by atoms with E-state index in [2.05, 4.69) is 15.3 Å². The van der Waals surface area contributed by atoms with Crippen molar-refractivity contribution in [1.82, 2.24) is 9.97 Å². The molecule has 0 spiro atoms. The first-order valence-electron chi connectivity index (χ1n) is 9.89. The van der Waals surface area contributed by atoms with Gasteiger partial charge in [0.2, 0.25) is 0 Å². The number of aromatic amines is 1. The van der Waals surface area contributed by atoms with Gasteiger partial charge in [-0.1, -0.05) is 36.4 Å². The Morgan fingerprint density at radius 2 is 1.87 bits per heavy atom. The number of carbonyl (C=O) groups is 2. The fraction of sp³-hybridized carbons (Fsp3) is 0.0800. The Balaban J connectivity index is 1.33. The number of carbonyl (C=O) groups excluding carboxylic acids is 2. The molecule has 4 aromatic rings. The van der Waals surface area contributed by atoms with E-state index < -0.39 is 0 Å². The van der Waals surface area contributed by atoms with Crippen LogP contribution in [0, 0.1) is 0 Å².